The fourth-order valence-corrected chi connectivity index (χ4v) is 2.62. The van der Waals surface area contributed by atoms with E-state index in [1.54, 1.807) is 26.4 Å². The Morgan fingerprint density at radius 2 is 1.52 bits per heavy atom. The second-order valence-electron chi connectivity index (χ2n) is 4.65. The van der Waals surface area contributed by atoms with E-state index >= 15 is 0 Å². The molecule has 2 rings (SSSR count). The smallest absolute Gasteiger partial charge is 0.123 e. The van der Waals surface area contributed by atoms with E-state index in [0.29, 0.717) is 22.2 Å². The average molecular weight is 326 g/mol. The Hall–Kier alpha value is -1.42. The van der Waals surface area contributed by atoms with Crippen molar-refractivity contribution in [3.8, 4) is 11.5 Å². The first-order valence-corrected chi connectivity index (χ1v) is 7.22. The number of methoxy groups -OCH3 is 2. The quantitative estimate of drug-likeness (QED) is 0.893. The molecule has 0 amide bonds. The van der Waals surface area contributed by atoms with Crippen molar-refractivity contribution >= 4 is 23.2 Å². The molecule has 0 saturated heterocycles. The van der Waals surface area contributed by atoms with Crippen molar-refractivity contribution < 1.29 is 9.47 Å². The standard InChI is InChI=1S/C16H17Cl2NO2/c1-20-15-5-3-11(17)7-10(15)8-14(19)13-9-12(18)4-6-16(13)21-2/h3-7,9,14H,8,19H2,1-2H3. The van der Waals surface area contributed by atoms with Crippen molar-refractivity contribution in [2.75, 3.05) is 14.2 Å². The zero-order valence-corrected chi connectivity index (χ0v) is 13.4. The van der Waals surface area contributed by atoms with E-state index in [4.69, 9.17) is 38.4 Å². The van der Waals surface area contributed by atoms with Gasteiger partial charge in [-0.2, -0.15) is 0 Å². The maximum absolute atomic E-state index is 6.31. The van der Waals surface area contributed by atoms with Crippen LogP contribution in [0.2, 0.25) is 10.0 Å². The molecule has 2 aromatic carbocycles. The Morgan fingerprint density at radius 1 is 0.952 bits per heavy atom. The third-order valence-electron chi connectivity index (χ3n) is 3.27. The Bertz CT molecular complexity index is 632. The lowest BCUT2D eigenvalue weighted by molar-refractivity contribution is 0.401. The first kappa shape index (κ1) is 16.0. The predicted octanol–water partition coefficient (Wildman–Crippen LogP) is 4.25. The van der Waals surface area contributed by atoms with Crippen LogP contribution < -0.4 is 15.2 Å². The van der Waals surface area contributed by atoms with Gasteiger partial charge in [0.25, 0.3) is 0 Å². The molecule has 1 unspecified atom stereocenters. The van der Waals surface area contributed by atoms with Gasteiger partial charge in [-0.15, -0.1) is 0 Å². The summed E-state index contributed by atoms with van der Waals surface area (Å²) >= 11 is 12.1. The zero-order chi connectivity index (χ0) is 15.4. The molecule has 0 heterocycles. The molecule has 0 bridgehead atoms. The molecule has 2 aromatic rings. The number of rotatable bonds is 5. The molecule has 0 fully saturated rings. The number of benzene rings is 2. The lowest BCUT2D eigenvalue weighted by Gasteiger charge is -2.18. The van der Waals surface area contributed by atoms with Crippen LogP contribution in [0.1, 0.15) is 17.2 Å². The van der Waals surface area contributed by atoms with Gasteiger partial charge in [0, 0.05) is 21.7 Å². The molecular formula is C16H17Cl2NO2. The van der Waals surface area contributed by atoms with Gasteiger partial charge < -0.3 is 15.2 Å². The third kappa shape index (κ3) is 3.82. The Kier molecular flexibility index (Phi) is 5.34. The minimum atomic E-state index is -0.272. The van der Waals surface area contributed by atoms with Crippen molar-refractivity contribution in [2.45, 2.75) is 12.5 Å². The molecule has 0 saturated carbocycles. The van der Waals surface area contributed by atoms with Crippen LogP contribution in [0.15, 0.2) is 36.4 Å². The predicted molar refractivity (Wildman–Crippen MR) is 86.6 cm³/mol. The third-order valence-corrected chi connectivity index (χ3v) is 3.74. The Morgan fingerprint density at radius 3 is 2.14 bits per heavy atom. The van der Waals surface area contributed by atoms with Gasteiger partial charge in [0.2, 0.25) is 0 Å². The van der Waals surface area contributed by atoms with Crippen molar-refractivity contribution in [3.63, 3.8) is 0 Å². The fraction of sp³-hybridized carbons (Fsp3) is 0.250. The lowest BCUT2D eigenvalue weighted by atomic mass is 9.98. The summed E-state index contributed by atoms with van der Waals surface area (Å²) in [4.78, 5) is 0. The van der Waals surface area contributed by atoms with Crippen LogP contribution in [-0.2, 0) is 6.42 Å². The highest BCUT2D eigenvalue weighted by molar-refractivity contribution is 6.31. The molecule has 0 aliphatic heterocycles. The summed E-state index contributed by atoms with van der Waals surface area (Å²) < 4.78 is 10.7. The van der Waals surface area contributed by atoms with Gasteiger partial charge in [-0.25, -0.2) is 0 Å². The van der Waals surface area contributed by atoms with Gasteiger partial charge in [-0.1, -0.05) is 23.2 Å². The van der Waals surface area contributed by atoms with Crippen LogP contribution in [0.25, 0.3) is 0 Å². The van der Waals surface area contributed by atoms with Crippen LogP contribution in [0.4, 0.5) is 0 Å². The second kappa shape index (κ2) is 7.03. The molecule has 2 N–H and O–H groups in total. The maximum Gasteiger partial charge on any atom is 0.123 e. The molecule has 112 valence electrons. The van der Waals surface area contributed by atoms with E-state index < -0.39 is 0 Å². The lowest BCUT2D eigenvalue weighted by Crippen LogP contribution is -2.15. The summed E-state index contributed by atoms with van der Waals surface area (Å²) in [5.74, 6) is 1.48. The molecule has 21 heavy (non-hydrogen) atoms. The first-order chi connectivity index (χ1) is 10.0. The van der Waals surface area contributed by atoms with Gasteiger partial charge in [0.05, 0.1) is 14.2 Å². The summed E-state index contributed by atoms with van der Waals surface area (Å²) in [6, 6.07) is 10.6. The summed E-state index contributed by atoms with van der Waals surface area (Å²) in [6.07, 6.45) is 0.570. The van der Waals surface area contributed by atoms with Crippen LogP contribution >= 0.6 is 23.2 Å². The Balaban J connectivity index is 2.31. The molecule has 0 spiro atoms. The molecule has 5 heteroatoms. The summed E-state index contributed by atoms with van der Waals surface area (Å²) in [7, 11) is 3.23. The van der Waals surface area contributed by atoms with E-state index in [0.717, 1.165) is 16.9 Å². The monoisotopic (exact) mass is 325 g/mol. The highest BCUT2D eigenvalue weighted by Gasteiger charge is 2.16. The van der Waals surface area contributed by atoms with Crippen LogP contribution in [-0.4, -0.2) is 14.2 Å². The van der Waals surface area contributed by atoms with E-state index in [-0.39, 0.29) is 6.04 Å². The number of hydrogen-bond acceptors (Lipinski definition) is 3. The topological polar surface area (TPSA) is 44.5 Å². The number of hydrogen-bond donors (Lipinski definition) is 1. The van der Waals surface area contributed by atoms with Crippen molar-refractivity contribution in [1.29, 1.82) is 0 Å². The zero-order valence-electron chi connectivity index (χ0n) is 11.9. The Labute approximate surface area is 134 Å². The van der Waals surface area contributed by atoms with Gasteiger partial charge in [0.1, 0.15) is 11.5 Å². The molecule has 1 atom stereocenters. The largest absolute Gasteiger partial charge is 0.496 e. The molecule has 0 radical (unpaired) electrons. The molecule has 0 aromatic heterocycles. The van der Waals surface area contributed by atoms with E-state index in [1.165, 1.54) is 0 Å². The average Bonchev–Trinajstić information content (AvgIpc) is 2.47. The van der Waals surface area contributed by atoms with Gasteiger partial charge in [0.15, 0.2) is 0 Å². The summed E-state index contributed by atoms with van der Waals surface area (Å²) in [6.45, 7) is 0. The highest BCUT2D eigenvalue weighted by atomic mass is 35.5. The minimum Gasteiger partial charge on any atom is -0.496 e. The highest BCUT2D eigenvalue weighted by Crippen LogP contribution is 2.32. The van der Waals surface area contributed by atoms with Crippen molar-refractivity contribution in [1.82, 2.24) is 0 Å². The second-order valence-corrected chi connectivity index (χ2v) is 5.53. The molecular weight excluding hydrogens is 309 g/mol. The molecule has 0 aliphatic carbocycles. The van der Waals surface area contributed by atoms with E-state index in [9.17, 15) is 0 Å². The fourth-order valence-electron chi connectivity index (χ4n) is 2.25. The minimum absolute atomic E-state index is 0.272. The SMILES string of the molecule is COc1ccc(Cl)cc1CC(N)c1cc(Cl)ccc1OC. The van der Waals surface area contributed by atoms with E-state index in [2.05, 4.69) is 0 Å². The van der Waals surface area contributed by atoms with Crippen LogP contribution in [0.3, 0.4) is 0 Å². The van der Waals surface area contributed by atoms with Crippen LogP contribution in [0.5, 0.6) is 11.5 Å². The van der Waals surface area contributed by atoms with E-state index in [1.807, 2.05) is 24.3 Å². The van der Waals surface area contributed by atoms with Gasteiger partial charge in [-0.05, 0) is 48.4 Å². The van der Waals surface area contributed by atoms with Crippen LogP contribution in [0, 0.1) is 0 Å². The number of nitrogens with two attached hydrogens (primary N) is 1. The summed E-state index contributed by atoms with van der Waals surface area (Å²) in [5, 5.41) is 1.27. The normalized spacial score (nSPS) is 12.0. The number of ether oxygens (including phenoxy) is 2. The van der Waals surface area contributed by atoms with Gasteiger partial charge in [-0.3, -0.25) is 0 Å². The molecule has 0 aliphatic rings. The van der Waals surface area contributed by atoms with Gasteiger partial charge >= 0.3 is 0 Å². The molecule has 3 nitrogen and oxygen atoms in total. The maximum atomic E-state index is 6.31. The number of halogens is 2. The van der Waals surface area contributed by atoms with Crippen molar-refractivity contribution in [3.05, 3.63) is 57.6 Å². The van der Waals surface area contributed by atoms with Crippen molar-refractivity contribution in [2.24, 2.45) is 5.73 Å². The summed E-state index contributed by atoms with van der Waals surface area (Å²) in [5.41, 5.74) is 8.11. The first-order valence-electron chi connectivity index (χ1n) is 6.46.